The number of nitrogens with zero attached hydrogens (tertiary/aromatic N) is 1. The average molecular weight is 1480 g/mol. The third kappa shape index (κ3) is 33.2. The van der Waals surface area contributed by atoms with Crippen LogP contribution in [-0.2, 0) is 57.2 Å². The van der Waals surface area contributed by atoms with E-state index < -0.39 is 114 Å². The summed E-state index contributed by atoms with van der Waals surface area (Å²) >= 11 is 0. The van der Waals surface area contributed by atoms with Gasteiger partial charge in [-0.3, -0.25) is 34.0 Å². The highest BCUT2D eigenvalue weighted by molar-refractivity contribution is 6.00. The summed E-state index contributed by atoms with van der Waals surface area (Å²) in [6.07, 6.45) is -5.25. The van der Waals surface area contributed by atoms with Gasteiger partial charge in [0, 0.05) is 55.9 Å². The SMILES string of the molecule is COC(=O)[C@@H](N)[C@@H](C)O.COC(=O)[C@@H](N)[C@H](C)O.COC(=O)[C@@H](NC(=O)c1ccc(C#CC#Cc2ccc(N)cc2)cc1)[C@H](C)O.COC(=O)[C@@H](NC(=O)c1ccccc1)[C@@H](C)O.COC(=O)[C@H]1N=C(c2ccccc2)O[C@H]1C.C[C@H](O)[C@H](NC(=O)c1ccc(C#CC#Cc2ccc(N)cc2)cc1)C(=O)NO. The van der Waals surface area contributed by atoms with E-state index in [2.05, 4.69) is 92.0 Å². The van der Waals surface area contributed by atoms with Crippen molar-refractivity contribution in [1.29, 1.82) is 0 Å². The van der Waals surface area contributed by atoms with E-state index in [0.717, 1.165) is 16.7 Å². The summed E-state index contributed by atoms with van der Waals surface area (Å²) in [5, 5.41) is 61.8. The van der Waals surface area contributed by atoms with E-state index in [1.807, 2.05) is 42.5 Å². The number of methoxy groups -OCH3 is 5. The van der Waals surface area contributed by atoms with Crippen molar-refractivity contribution in [2.75, 3.05) is 47.0 Å². The molecule has 0 unspecified atom stereocenters. The fourth-order valence-electron chi connectivity index (χ4n) is 7.96. The fraction of sp³-hybridized carbons (Fsp3) is 0.299. The normalized spacial score (nSPS) is 14.6. The maximum atomic E-state index is 12.2. The number of hydrogen-bond donors (Lipinski definition) is 14. The summed E-state index contributed by atoms with van der Waals surface area (Å²) in [6, 6.07) is 39.2. The van der Waals surface area contributed by atoms with Gasteiger partial charge in [-0.05, 0) is 187 Å². The third-order valence-electron chi connectivity index (χ3n) is 14.2. The molecule has 1 heterocycles. The van der Waals surface area contributed by atoms with Crippen LogP contribution in [0.3, 0.4) is 0 Å². The number of anilines is 2. The molecule has 0 aliphatic carbocycles. The molecular weight excluding hydrogens is 1390 g/mol. The number of carbonyl (C=O) groups is 9. The van der Waals surface area contributed by atoms with Gasteiger partial charge in [-0.25, -0.2) is 24.9 Å². The second-order valence-electron chi connectivity index (χ2n) is 22.5. The standard InChI is InChI=1S/C22H20N2O4.C21H19N3O4.C12H15NO4.C12H13NO3.2C5H11NO3/c1-15(25)20(22(27)28-2)24-21(26)18-11-7-16(8-12-18)5-3-4-6-17-9-13-19(23)14-10-17;1-14(25)19(21(27)24-28)23-20(26)17-10-6-15(7-11-17)4-2-3-5-16-8-12-18(22)13-9-16;1-8(14)10(12(16)17-2)13-11(15)9-6-4-3-5-7-9;1-8-10(12(14)15-2)13-11(16-8)9-6-4-3-5-7-9;2*1-3(7)4(6)5(8)9-2/h7-15,20,25H,23H2,1-2H3,(H,24,26);6-14,19,25,28H,22H2,1H3,(H,23,26)(H,24,27);3-8,10,14H,1-2H3,(H,13,15);3-8,10H,1-2H3;2*3-4,7H,6H2,1-2H3/t15-,20-;14-,19-;8-,10+;8-,10-;3-,4+;3-,4-/m001010/s1. The van der Waals surface area contributed by atoms with E-state index in [-0.39, 0.29) is 17.6 Å². The number of aliphatic hydroxyl groups excluding tert-OH is 5. The Bertz CT molecular complexity index is 3960. The van der Waals surface area contributed by atoms with Crippen LogP contribution in [0.5, 0.6) is 0 Å². The minimum absolute atomic E-state index is 0.273. The third-order valence-corrected chi connectivity index (χ3v) is 14.2. The van der Waals surface area contributed by atoms with Crippen molar-refractivity contribution in [1.82, 2.24) is 21.4 Å². The largest absolute Gasteiger partial charge is 0.472 e. The van der Waals surface area contributed by atoms with Crippen LogP contribution in [0.4, 0.5) is 11.4 Å². The van der Waals surface area contributed by atoms with Crippen LogP contribution in [0, 0.1) is 47.4 Å². The quantitative estimate of drug-likeness (QED) is 0.0145. The Hall–Kier alpha value is -12.5. The summed E-state index contributed by atoms with van der Waals surface area (Å²) in [6.45, 7) is 8.80. The highest BCUT2D eigenvalue weighted by atomic mass is 16.5. The van der Waals surface area contributed by atoms with Gasteiger partial charge in [0.15, 0.2) is 18.1 Å². The molecule has 0 bridgehead atoms. The molecule has 18 N–H and O–H groups in total. The van der Waals surface area contributed by atoms with Crippen molar-refractivity contribution in [3.05, 3.63) is 202 Å². The van der Waals surface area contributed by atoms with Crippen molar-refractivity contribution >= 4 is 70.7 Å². The smallest absolute Gasteiger partial charge is 0.334 e. The van der Waals surface area contributed by atoms with E-state index in [9.17, 15) is 58.5 Å². The molecule has 30 nitrogen and oxygen atoms in total. The molecule has 7 rings (SSSR count). The number of carbonyl (C=O) groups excluding carboxylic acids is 9. The predicted molar refractivity (Wildman–Crippen MR) is 394 cm³/mol. The number of aliphatic imine (C=N–C) groups is 1. The van der Waals surface area contributed by atoms with Crippen LogP contribution in [0.25, 0.3) is 0 Å². The van der Waals surface area contributed by atoms with Gasteiger partial charge in [0.2, 0.25) is 5.90 Å². The molecule has 0 radical (unpaired) electrons. The highest BCUT2D eigenvalue weighted by Crippen LogP contribution is 2.19. The Morgan fingerprint density at radius 1 is 0.421 bits per heavy atom. The Morgan fingerprint density at radius 3 is 1.00 bits per heavy atom. The number of benzene rings is 6. The van der Waals surface area contributed by atoms with Gasteiger partial charge < -0.3 is 92.8 Å². The molecule has 1 aliphatic heterocycles. The van der Waals surface area contributed by atoms with Crippen molar-refractivity contribution in [2.24, 2.45) is 16.5 Å². The molecule has 6 aromatic rings. The minimum Gasteiger partial charge on any atom is -0.472 e. The first-order chi connectivity index (χ1) is 50.8. The molecule has 0 saturated heterocycles. The zero-order valence-corrected chi connectivity index (χ0v) is 60.5. The van der Waals surface area contributed by atoms with Crippen molar-refractivity contribution in [3.63, 3.8) is 0 Å². The molecule has 107 heavy (non-hydrogen) atoms. The van der Waals surface area contributed by atoms with E-state index in [0.29, 0.717) is 39.5 Å². The highest BCUT2D eigenvalue weighted by Gasteiger charge is 2.35. The van der Waals surface area contributed by atoms with Gasteiger partial charge in [-0.2, -0.15) is 0 Å². The molecule has 6 aromatic carbocycles. The number of esters is 5. The number of ether oxygens (including phenoxy) is 6. The number of amides is 4. The maximum Gasteiger partial charge on any atom is 0.334 e. The molecule has 0 aromatic heterocycles. The van der Waals surface area contributed by atoms with Crippen LogP contribution in [-0.4, -0.2) is 199 Å². The maximum absolute atomic E-state index is 12.2. The van der Waals surface area contributed by atoms with Gasteiger partial charge in [0.05, 0.1) is 66.1 Å². The minimum atomic E-state index is -1.28. The monoisotopic (exact) mass is 1480 g/mol. The number of aliphatic hydroxyl groups is 5. The average Bonchev–Trinajstić information content (AvgIpc) is 1.75. The van der Waals surface area contributed by atoms with Gasteiger partial charge in [0.1, 0.15) is 24.2 Å². The number of hydrogen-bond acceptors (Lipinski definition) is 26. The van der Waals surface area contributed by atoms with Gasteiger partial charge in [-0.15, -0.1) is 0 Å². The van der Waals surface area contributed by atoms with Crippen LogP contribution in [0.2, 0.25) is 0 Å². The number of nitrogen functional groups attached to an aromatic ring is 2. The fourth-order valence-corrected chi connectivity index (χ4v) is 7.96. The van der Waals surface area contributed by atoms with Crippen molar-refractivity contribution in [3.8, 4) is 47.4 Å². The lowest BCUT2D eigenvalue weighted by Crippen LogP contribution is -2.51. The van der Waals surface area contributed by atoms with Crippen LogP contribution >= 0.6 is 0 Å². The van der Waals surface area contributed by atoms with Gasteiger partial charge >= 0.3 is 29.8 Å². The molecule has 12 atom stereocenters. The number of hydroxylamine groups is 1. The Kier molecular flexibility index (Phi) is 41.1. The first-order valence-electron chi connectivity index (χ1n) is 32.2. The van der Waals surface area contributed by atoms with Crippen LogP contribution < -0.4 is 44.4 Å². The summed E-state index contributed by atoms with van der Waals surface area (Å²) < 4.78 is 27.8. The molecule has 0 saturated carbocycles. The second-order valence-corrected chi connectivity index (χ2v) is 22.5. The second kappa shape index (κ2) is 48.5. The van der Waals surface area contributed by atoms with Gasteiger partial charge in [0.25, 0.3) is 23.6 Å². The van der Waals surface area contributed by atoms with Gasteiger partial charge in [-0.1, -0.05) is 60.1 Å². The van der Waals surface area contributed by atoms with Crippen molar-refractivity contribution in [2.45, 2.75) is 114 Å². The number of nitrogens with one attached hydrogen (secondary N) is 4. The topological polar surface area (TPSA) is 495 Å². The summed E-state index contributed by atoms with van der Waals surface area (Å²) in [5.74, 6) is 17.7. The summed E-state index contributed by atoms with van der Waals surface area (Å²) in [7, 11) is 6.19. The van der Waals surface area contributed by atoms with E-state index in [1.165, 1.54) is 87.8 Å². The zero-order valence-electron chi connectivity index (χ0n) is 60.5. The van der Waals surface area contributed by atoms with Crippen LogP contribution in [0.15, 0.2) is 163 Å². The van der Waals surface area contributed by atoms with E-state index >= 15 is 0 Å². The van der Waals surface area contributed by atoms with E-state index in [1.54, 1.807) is 110 Å². The lowest BCUT2D eigenvalue weighted by molar-refractivity contribution is -0.146. The zero-order chi connectivity index (χ0) is 80.3. The number of nitrogens with two attached hydrogens (primary N) is 4. The molecule has 0 spiro atoms. The Labute approximate surface area is 619 Å². The predicted octanol–water partition coefficient (Wildman–Crippen LogP) is 1.45. The lowest BCUT2D eigenvalue weighted by Gasteiger charge is -2.19. The van der Waals surface area contributed by atoms with Crippen LogP contribution in [0.1, 0.15) is 100 Å². The van der Waals surface area contributed by atoms with E-state index in [4.69, 9.17) is 43.1 Å². The summed E-state index contributed by atoms with van der Waals surface area (Å²) in [4.78, 5) is 107. The Morgan fingerprint density at radius 2 is 0.720 bits per heavy atom. The number of rotatable bonds is 18. The summed E-state index contributed by atoms with van der Waals surface area (Å²) in [5.41, 5.74) is 29.1. The lowest BCUT2D eigenvalue weighted by atomic mass is 10.1. The molecule has 568 valence electrons. The first-order valence-corrected chi connectivity index (χ1v) is 32.2. The molecule has 1 aliphatic rings. The molecule has 30 heteroatoms. The molecular formula is C77H89N9O21. The Balaban J connectivity index is 0.000000458. The molecule has 0 fully saturated rings. The van der Waals surface area contributed by atoms with Crippen molar-refractivity contribution < 1.29 is 102 Å². The first kappa shape index (κ1) is 90.6. The molecule has 4 amide bonds.